The molecule has 1 aromatic carbocycles. The number of carbonyl (C=O) groups excluding carboxylic acids is 1. The van der Waals surface area contributed by atoms with Gasteiger partial charge in [-0.15, -0.1) is 0 Å². The second kappa shape index (κ2) is 9.14. The minimum atomic E-state index is -3.43. The molecule has 0 saturated carbocycles. The summed E-state index contributed by atoms with van der Waals surface area (Å²) in [4.78, 5) is 23.3. The Kier molecular flexibility index (Phi) is 7.16. The van der Waals surface area contributed by atoms with Gasteiger partial charge in [-0.1, -0.05) is 25.5 Å². The molecule has 1 atom stereocenters. The molecule has 8 heteroatoms. The van der Waals surface area contributed by atoms with Crippen molar-refractivity contribution in [1.82, 2.24) is 4.31 Å². The number of hydrogen-bond acceptors (Lipinski definition) is 4. The first-order valence-corrected chi connectivity index (χ1v) is 10.6. The molecule has 2 rings (SSSR count). The molecule has 0 aromatic heterocycles. The highest BCUT2D eigenvalue weighted by atomic mass is 32.2. The van der Waals surface area contributed by atoms with Crippen molar-refractivity contribution in [2.45, 2.75) is 51.5 Å². The molecule has 1 fully saturated rings. The Balaban J connectivity index is 2.04. The number of carboxylic acid groups (broad SMARTS) is 1. The number of benzene rings is 1. The van der Waals surface area contributed by atoms with Crippen LogP contribution in [0.3, 0.4) is 0 Å². The van der Waals surface area contributed by atoms with E-state index in [9.17, 15) is 18.0 Å². The minimum absolute atomic E-state index is 0.0173. The lowest BCUT2D eigenvalue weighted by atomic mass is 10.1. The van der Waals surface area contributed by atoms with Crippen LogP contribution in [0.25, 0.3) is 0 Å². The Morgan fingerprint density at radius 3 is 2.81 bits per heavy atom. The lowest BCUT2D eigenvalue weighted by Crippen LogP contribution is -2.44. The van der Waals surface area contributed by atoms with Gasteiger partial charge < -0.3 is 10.4 Å². The van der Waals surface area contributed by atoms with E-state index in [-0.39, 0.29) is 18.1 Å². The van der Waals surface area contributed by atoms with Crippen LogP contribution in [0.1, 0.15) is 44.6 Å². The quantitative estimate of drug-likeness (QED) is 0.682. The predicted octanol–water partition coefficient (Wildman–Crippen LogP) is 2.24. The number of amides is 1. The van der Waals surface area contributed by atoms with Crippen LogP contribution in [0, 0.1) is 0 Å². The number of sulfonamides is 1. The maximum Gasteiger partial charge on any atom is 0.303 e. The number of carbonyl (C=O) groups is 2. The SMILES string of the molecule is CCCCS(=O)(=O)N1CCCC1C(=O)Nc1cccc(CCC(=O)O)c1. The number of aryl methyl sites for hydroxylation is 1. The fraction of sp³-hybridized carbons (Fsp3) is 0.556. The van der Waals surface area contributed by atoms with Crippen LogP contribution in [0.15, 0.2) is 24.3 Å². The summed E-state index contributed by atoms with van der Waals surface area (Å²) in [5.41, 5.74) is 1.36. The van der Waals surface area contributed by atoms with Crippen molar-refractivity contribution in [3.05, 3.63) is 29.8 Å². The van der Waals surface area contributed by atoms with Crippen LogP contribution < -0.4 is 5.32 Å². The van der Waals surface area contributed by atoms with Crippen molar-refractivity contribution >= 4 is 27.6 Å². The first-order chi connectivity index (χ1) is 12.3. The van der Waals surface area contributed by atoms with E-state index in [0.29, 0.717) is 37.9 Å². The largest absolute Gasteiger partial charge is 0.481 e. The summed E-state index contributed by atoms with van der Waals surface area (Å²) in [6.45, 7) is 2.31. The van der Waals surface area contributed by atoms with Gasteiger partial charge in [-0.25, -0.2) is 8.42 Å². The molecule has 1 aromatic rings. The minimum Gasteiger partial charge on any atom is -0.481 e. The third-order valence-corrected chi connectivity index (χ3v) is 6.40. The van der Waals surface area contributed by atoms with Crippen LogP contribution in [-0.2, 0) is 26.0 Å². The van der Waals surface area contributed by atoms with Gasteiger partial charge in [0.05, 0.1) is 5.75 Å². The van der Waals surface area contributed by atoms with Crippen molar-refractivity contribution in [2.75, 3.05) is 17.6 Å². The normalized spacial score (nSPS) is 18.0. The lowest BCUT2D eigenvalue weighted by molar-refractivity contribution is -0.137. The van der Waals surface area contributed by atoms with E-state index < -0.39 is 22.0 Å². The molecule has 7 nitrogen and oxygen atoms in total. The van der Waals surface area contributed by atoms with Crippen LogP contribution in [0.5, 0.6) is 0 Å². The molecule has 0 aliphatic carbocycles. The summed E-state index contributed by atoms with van der Waals surface area (Å²) in [7, 11) is -3.43. The average molecular weight is 382 g/mol. The fourth-order valence-electron chi connectivity index (χ4n) is 3.06. The zero-order chi connectivity index (χ0) is 19.2. The Morgan fingerprint density at radius 1 is 1.35 bits per heavy atom. The zero-order valence-corrected chi connectivity index (χ0v) is 15.8. The van der Waals surface area contributed by atoms with E-state index in [1.807, 2.05) is 6.92 Å². The van der Waals surface area contributed by atoms with E-state index in [1.165, 1.54) is 4.31 Å². The summed E-state index contributed by atoms with van der Waals surface area (Å²) in [5.74, 6) is -1.14. The Bertz CT molecular complexity index is 748. The Hall–Kier alpha value is -1.93. The number of hydrogen-bond donors (Lipinski definition) is 2. The summed E-state index contributed by atoms with van der Waals surface area (Å²) < 4.78 is 26.2. The molecule has 0 spiro atoms. The Morgan fingerprint density at radius 2 is 2.12 bits per heavy atom. The second-order valence-corrected chi connectivity index (χ2v) is 8.56. The van der Waals surface area contributed by atoms with Crippen LogP contribution in [0.4, 0.5) is 5.69 Å². The Labute approximate surface area is 154 Å². The molecule has 1 amide bonds. The second-order valence-electron chi connectivity index (χ2n) is 6.52. The number of nitrogens with one attached hydrogen (secondary N) is 1. The molecule has 0 radical (unpaired) electrons. The van der Waals surface area contributed by atoms with Gasteiger partial charge in [0.1, 0.15) is 6.04 Å². The molecule has 1 saturated heterocycles. The smallest absolute Gasteiger partial charge is 0.303 e. The monoisotopic (exact) mass is 382 g/mol. The van der Waals surface area contributed by atoms with E-state index in [1.54, 1.807) is 24.3 Å². The average Bonchev–Trinajstić information content (AvgIpc) is 3.09. The lowest BCUT2D eigenvalue weighted by Gasteiger charge is -2.23. The molecule has 1 aliphatic heterocycles. The molecule has 26 heavy (non-hydrogen) atoms. The van der Waals surface area contributed by atoms with Crippen LogP contribution >= 0.6 is 0 Å². The zero-order valence-electron chi connectivity index (χ0n) is 15.0. The maximum absolute atomic E-state index is 12.6. The molecule has 1 heterocycles. The van der Waals surface area contributed by atoms with Crippen molar-refractivity contribution in [2.24, 2.45) is 0 Å². The molecule has 0 bridgehead atoms. The number of carboxylic acids is 1. The summed E-state index contributed by atoms with van der Waals surface area (Å²) in [6, 6.07) is 6.31. The fourth-order valence-corrected chi connectivity index (χ4v) is 4.94. The predicted molar refractivity (Wildman–Crippen MR) is 99.5 cm³/mol. The molecule has 1 unspecified atom stereocenters. The van der Waals surface area contributed by atoms with Gasteiger partial charge >= 0.3 is 5.97 Å². The van der Waals surface area contributed by atoms with Crippen molar-refractivity contribution < 1.29 is 23.1 Å². The van der Waals surface area contributed by atoms with Gasteiger partial charge in [-0.2, -0.15) is 4.31 Å². The topological polar surface area (TPSA) is 104 Å². The first kappa shape index (κ1) is 20.4. The van der Waals surface area contributed by atoms with E-state index in [0.717, 1.165) is 12.0 Å². The van der Waals surface area contributed by atoms with E-state index >= 15 is 0 Å². The molecule has 144 valence electrons. The van der Waals surface area contributed by atoms with Crippen LogP contribution in [-0.4, -0.2) is 48.0 Å². The van der Waals surface area contributed by atoms with E-state index in [4.69, 9.17) is 5.11 Å². The van der Waals surface area contributed by atoms with Crippen molar-refractivity contribution in [1.29, 1.82) is 0 Å². The molecule has 1 aliphatic rings. The summed E-state index contributed by atoms with van der Waals surface area (Å²) in [6.07, 6.45) is 2.94. The van der Waals surface area contributed by atoms with Gasteiger partial charge in [0, 0.05) is 18.7 Å². The highest BCUT2D eigenvalue weighted by Crippen LogP contribution is 2.24. The molecule has 2 N–H and O–H groups in total. The summed E-state index contributed by atoms with van der Waals surface area (Å²) >= 11 is 0. The maximum atomic E-state index is 12.6. The highest BCUT2D eigenvalue weighted by molar-refractivity contribution is 7.89. The highest BCUT2D eigenvalue weighted by Gasteiger charge is 2.38. The number of unbranched alkanes of at least 4 members (excludes halogenated alkanes) is 1. The van der Waals surface area contributed by atoms with Gasteiger partial charge in [0.25, 0.3) is 0 Å². The van der Waals surface area contributed by atoms with Gasteiger partial charge in [0.15, 0.2) is 0 Å². The number of anilines is 1. The summed E-state index contributed by atoms with van der Waals surface area (Å²) in [5, 5.41) is 11.5. The van der Waals surface area contributed by atoms with Gasteiger partial charge in [-0.05, 0) is 43.4 Å². The standard InChI is InChI=1S/C18H26N2O5S/c1-2-3-12-26(24,25)20-11-5-8-16(20)18(23)19-15-7-4-6-14(13-15)9-10-17(21)22/h4,6-7,13,16H,2-3,5,8-12H2,1H3,(H,19,23)(H,21,22). The molecular weight excluding hydrogens is 356 g/mol. The third-order valence-electron chi connectivity index (χ3n) is 4.44. The van der Waals surface area contributed by atoms with Crippen molar-refractivity contribution in [3.8, 4) is 0 Å². The van der Waals surface area contributed by atoms with Gasteiger partial charge in [0.2, 0.25) is 15.9 Å². The number of rotatable bonds is 9. The van der Waals surface area contributed by atoms with Crippen LogP contribution in [0.2, 0.25) is 0 Å². The number of nitrogens with zero attached hydrogens (tertiary/aromatic N) is 1. The third kappa shape index (κ3) is 5.54. The first-order valence-electron chi connectivity index (χ1n) is 8.94. The molecular formula is C18H26N2O5S. The number of aliphatic carboxylic acids is 1. The van der Waals surface area contributed by atoms with Crippen molar-refractivity contribution in [3.63, 3.8) is 0 Å². The van der Waals surface area contributed by atoms with Gasteiger partial charge in [-0.3, -0.25) is 9.59 Å². The van der Waals surface area contributed by atoms with E-state index in [2.05, 4.69) is 5.32 Å².